The van der Waals surface area contributed by atoms with Crippen molar-refractivity contribution in [1.82, 2.24) is 5.32 Å². The number of aliphatic hydroxyl groups excluding tert-OH is 1. The molecule has 0 radical (unpaired) electrons. The highest BCUT2D eigenvalue weighted by Crippen LogP contribution is 2.33. The predicted molar refractivity (Wildman–Crippen MR) is 70.6 cm³/mol. The Morgan fingerprint density at radius 2 is 2.00 bits per heavy atom. The second-order valence-corrected chi connectivity index (χ2v) is 5.95. The Hall–Kier alpha value is -0.650. The number of hydrogen-bond acceptors (Lipinski definition) is 5. The molecule has 0 unspecified atom stereocenters. The van der Waals surface area contributed by atoms with Crippen molar-refractivity contribution in [2.45, 2.75) is 63.2 Å². The van der Waals surface area contributed by atoms with Crippen molar-refractivity contribution in [3.05, 3.63) is 0 Å². The molecule has 0 saturated heterocycles. The van der Waals surface area contributed by atoms with Gasteiger partial charge in [-0.05, 0) is 45.4 Å². The lowest BCUT2D eigenvalue weighted by molar-refractivity contribution is -0.151. The zero-order chi connectivity index (χ0) is 13.9. The van der Waals surface area contributed by atoms with Crippen molar-refractivity contribution in [1.29, 1.82) is 0 Å². The Labute approximate surface area is 114 Å². The molecule has 2 aliphatic carbocycles. The first-order valence-electron chi connectivity index (χ1n) is 7.33. The molecule has 0 aliphatic heterocycles. The van der Waals surface area contributed by atoms with Gasteiger partial charge in [0.25, 0.3) is 0 Å². The molecule has 2 saturated carbocycles. The van der Waals surface area contributed by atoms with Crippen LogP contribution in [0.15, 0.2) is 0 Å². The average Bonchev–Trinajstić information content (AvgIpc) is 2.34. The number of ether oxygens (including phenoxy) is 1. The highest BCUT2D eigenvalue weighted by molar-refractivity contribution is 5.72. The lowest BCUT2D eigenvalue weighted by atomic mass is 9.78. The Kier molecular flexibility index (Phi) is 4.81. The molecule has 0 aromatic carbocycles. The summed E-state index contributed by atoms with van der Waals surface area (Å²) < 4.78 is 5.02. The van der Waals surface area contributed by atoms with Crippen molar-refractivity contribution in [3.8, 4) is 0 Å². The van der Waals surface area contributed by atoms with Gasteiger partial charge < -0.3 is 20.3 Å². The maximum atomic E-state index is 11.6. The highest BCUT2D eigenvalue weighted by atomic mass is 16.5. The third-order valence-corrected chi connectivity index (χ3v) is 4.37. The van der Waals surface area contributed by atoms with Gasteiger partial charge in [0.1, 0.15) is 0 Å². The smallest absolute Gasteiger partial charge is 0.308 e. The molecular weight excluding hydrogens is 246 g/mol. The molecule has 0 atom stereocenters. The summed E-state index contributed by atoms with van der Waals surface area (Å²) in [5.74, 6) is -0.176. The van der Waals surface area contributed by atoms with Gasteiger partial charge in [0.15, 0.2) is 0 Å². The second kappa shape index (κ2) is 6.20. The van der Waals surface area contributed by atoms with Crippen LogP contribution in [-0.4, -0.2) is 47.1 Å². The van der Waals surface area contributed by atoms with Crippen molar-refractivity contribution >= 4 is 5.97 Å². The van der Waals surface area contributed by atoms with Gasteiger partial charge in [-0.25, -0.2) is 0 Å². The lowest BCUT2D eigenvalue weighted by Gasteiger charge is -2.39. The summed E-state index contributed by atoms with van der Waals surface area (Å²) in [6.07, 6.45) is 4.06. The molecule has 110 valence electrons. The van der Waals surface area contributed by atoms with E-state index in [9.17, 15) is 15.0 Å². The van der Waals surface area contributed by atoms with Gasteiger partial charge in [-0.15, -0.1) is 0 Å². The van der Waals surface area contributed by atoms with E-state index in [1.807, 2.05) is 6.92 Å². The number of carbonyl (C=O) groups excluding carboxylic acids is 1. The van der Waals surface area contributed by atoms with Crippen LogP contribution in [0.3, 0.4) is 0 Å². The predicted octanol–water partition coefficient (Wildman–Crippen LogP) is 0.584. The van der Waals surface area contributed by atoms with Crippen LogP contribution < -0.4 is 5.32 Å². The summed E-state index contributed by atoms with van der Waals surface area (Å²) in [6, 6.07) is 0.335. The van der Waals surface area contributed by atoms with Crippen molar-refractivity contribution in [3.63, 3.8) is 0 Å². The molecule has 5 nitrogen and oxygen atoms in total. The molecule has 2 fully saturated rings. The molecule has 0 spiro atoms. The zero-order valence-corrected chi connectivity index (χ0v) is 11.6. The van der Waals surface area contributed by atoms with Crippen LogP contribution in [0.1, 0.15) is 45.4 Å². The standard InChI is InChI=1S/C14H25NO4/c1-2-19-13(17)10-3-5-14(18,6-4-10)9-15-11-7-12(16)8-11/h10-12,15-16,18H,2-9H2,1H3. The number of carbonyl (C=O) groups is 1. The topological polar surface area (TPSA) is 78.8 Å². The van der Waals surface area contributed by atoms with E-state index in [0.717, 1.165) is 12.8 Å². The Morgan fingerprint density at radius 3 is 2.53 bits per heavy atom. The molecule has 0 amide bonds. The molecule has 3 N–H and O–H groups in total. The van der Waals surface area contributed by atoms with E-state index in [1.165, 1.54) is 0 Å². The van der Waals surface area contributed by atoms with Crippen LogP contribution >= 0.6 is 0 Å². The van der Waals surface area contributed by atoms with Gasteiger partial charge in [0.05, 0.1) is 24.2 Å². The fourth-order valence-electron chi connectivity index (χ4n) is 2.92. The minimum Gasteiger partial charge on any atom is -0.466 e. The minimum atomic E-state index is -0.705. The molecule has 0 heterocycles. The number of esters is 1. The molecule has 5 heteroatoms. The van der Waals surface area contributed by atoms with Crippen molar-refractivity contribution in [2.24, 2.45) is 5.92 Å². The summed E-state index contributed by atoms with van der Waals surface area (Å²) in [6.45, 7) is 2.79. The van der Waals surface area contributed by atoms with Gasteiger partial charge >= 0.3 is 5.97 Å². The number of aliphatic hydroxyl groups is 2. The van der Waals surface area contributed by atoms with E-state index < -0.39 is 5.60 Å². The lowest BCUT2D eigenvalue weighted by Crippen LogP contribution is -2.51. The third kappa shape index (κ3) is 3.91. The molecule has 0 bridgehead atoms. The first-order chi connectivity index (χ1) is 9.02. The largest absolute Gasteiger partial charge is 0.466 e. The van der Waals surface area contributed by atoms with E-state index in [4.69, 9.17) is 4.74 Å². The van der Waals surface area contributed by atoms with Crippen LogP contribution in [0.5, 0.6) is 0 Å². The SMILES string of the molecule is CCOC(=O)C1CCC(O)(CNC2CC(O)C2)CC1. The van der Waals surface area contributed by atoms with Crippen LogP contribution in [0.25, 0.3) is 0 Å². The van der Waals surface area contributed by atoms with E-state index in [2.05, 4.69) is 5.32 Å². The maximum absolute atomic E-state index is 11.6. The van der Waals surface area contributed by atoms with Crippen molar-refractivity contribution in [2.75, 3.05) is 13.2 Å². The van der Waals surface area contributed by atoms with Crippen LogP contribution in [0.4, 0.5) is 0 Å². The van der Waals surface area contributed by atoms with Crippen LogP contribution in [0, 0.1) is 5.92 Å². The molecule has 2 rings (SSSR count). The second-order valence-electron chi connectivity index (χ2n) is 5.95. The van der Waals surface area contributed by atoms with Gasteiger partial charge in [0, 0.05) is 12.6 Å². The molecule has 2 aliphatic rings. The van der Waals surface area contributed by atoms with E-state index in [0.29, 0.717) is 44.9 Å². The monoisotopic (exact) mass is 271 g/mol. The van der Waals surface area contributed by atoms with Gasteiger partial charge in [-0.1, -0.05) is 0 Å². The molecule has 19 heavy (non-hydrogen) atoms. The highest BCUT2D eigenvalue weighted by Gasteiger charge is 2.37. The average molecular weight is 271 g/mol. The summed E-state index contributed by atoms with van der Waals surface area (Å²) in [5.41, 5.74) is -0.705. The van der Waals surface area contributed by atoms with Gasteiger partial charge in [-0.3, -0.25) is 4.79 Å². The summed E-state index contributed by atoms with van der Waals surface area (Å²) in [4.78, 5) is 11.6. The zero-order valence-electron chi connectivity index (χ0n) is 11.6. The first kappa shape index (κ1) is 14.8. The normalized spacial score (nSPS) is 38.6. The molecule has 0 aromatic heterocycles. The van der Waals surface area contributed by atoms with Gasteiger partial charge in [-0.2, -0.15) is 0 Å². The fraction of sp³-hybridized carbons (Fsp3) is 0.929. The van der Waals surface area contributed by atoms with Crippen LogP contribution in [-0.2, 0) is 9.53 Å². The van der Waals surface area contributed by atoms with Crippen LogP contribution in [0.2, 0.25) is 0 Å². The van der Waals surface area contributed by atoms with Gasteiger partial charge in [0.2, 0.25) is 0 Å². The Bertz CT molecular complexity index is 307. The quantitative estimate of drug-likeness (QED) is 0.638. The van der Waals surface area contributed by atoms with E-state index >= 15 is 0 Å². The number of hydrogen-bond donors (Lipinski definition) is 3. The maximum Gasteiger partial charge on any atom is 0.308 e. The fourth-order valence-corrected chi connectivity index (χ4v) is 2.92. The van der Waals surface area contributed by atoms with E-state index in [-0.39, 0.29) is 18.0 Å². The molecule has 0 aromatic rings. The summed E-state index contributed by atoms with van der Waals surface area (Å²) >= 11 is 0. The minimum absolute atomic E-state index is 0.0502. The van der Waals surface area contributed by atoms with Crippen molar-refractivity contribution < 1.29 is 19.7 Å². The van der Waals surface area contributed by atoms with E-state index in [1.54, 1.807) is 0 Å². The summed E-state index contributed by atoms with van der Waals surface area (Å²) in [7, 11) is 0. The molecular formula is C14H25NO4. The number of rotatable bonds is 5. The third-order valence-electron chi connectivity index (χ3n) is 4.37. The first-order valence-corrected chi connectivity index (χ1v) is 7.33. The Morgan fingerprint density at radius 1 is 1.37 bits per heavy atom. The Balaban J connectivity index is 1.70. The number of nitrogens with one attached hydrogen (secondary N) is 1. The summed E-state index contributed by atoms with van der Waals surface area (Å²) in [5, 5.41) is 23.0.